The Kier molecular flexibility index (Phi) is 5.56. The Balaban J connectivity index is 1.83. The molecule has 2 rings (SSSR count). The molecule has 4 heteroatoms. The predicted octanol–water partition coefficient (Wildman–Crippen LogP) is 2.70. The Morgan fingerprint density at radius 3 is 2.15 bits per heavy atom. The van der Waals surface area contributed by atoms with Crippen molar-refractivity contribution in [2.24, 2.45) is 0 Å². The van der Waals surface area contributed by atoms with Crippen molar-refractivity contribution >= 4 is 11.6 Å². The normalized spacial score (nSPS) is 13.9. The van der Waals surface area contributed by atoms with E-state index < -0.39 is 12.2 Å². The van der Waals surface area contributed by atoms with E-state index in [9.17, 15) is 10.2 Å². The van der Waals surface area contributed by atoms with Crippen molar-refractivity contribution < 1.29 is 10.2 Å². The van der Waals surface area contributed by atoms with E-state index in [1.54, 1.807) is 12.1 Å². The Morgan fingerprint density at radius 1 is 0.850 bits per heavy atom. The van der Waals surface area contributed by atoms with Crippen LogP contribution in [0.5, 0.6) is 0 Å². The number of benzene rings is 2. The summed E-state index contributed by atoms with van der Waals surface area (Å²) >= 11 is 6.02. The molecule has 0 fully saturated rings. The fourth-order valence-electron chi connectivity index (χ4n) is 2.01. The number of aliphatic hydroxyl groups is 2. The van der Waals surface area contributed by atoms with Crippen LogP contribution in [-0.4, -0.2) is 23.3 Å². The van der Waals surface area contributed by atoms with Gasteiger partial charge in [-0.25, -0.2) is 0 Å². The second-order valence-electron chi connectivity index (χ2n) is 4.62. The van der Waals surface area contributed by atoms with Crippen LogP contribution in [-0.2, 0) is 0 Å². The minimum atomic E-state index is -0.688. The first-order chi connectivity index (χ1) is 9.68. The highest BCUT2D eigenvalue weighted by Crippen LogP contribution is 2.22. The van der Waals surface area contributed by atoms with Crippen molar-refractivity contribution in [3.8, 4) is 0 Å². The third-order valence-corrected chi connectivity index (χ3v) is 3.47. The van der Waals surface area contributed by atoms with E-state index in [4.69, 9.17) is 11.6 Å². The Morgan fingerprint density at radius 2 is 1.45 bits per heavy atom. The van der Waals surface area contributed by atoms with Gasteiger partial charge in [0.1, 0.15) is 0 Å². The lowest BCUT2D eigenvalue weighted by Gasteiger charge is -2.16. The van der Waals surface area contributed by atoms with Gasteiger partial charge in [0, 0.05) is 23.7 Å². The highest BCUT2D eigenvalue weighted by molar-refractivity contribution is 6.31. The molecular formula is C16H18ClNO2. The summed E-state index contributed by atoms with van der Waals surface area (Å²) in [5.41, 5.74) is 1.54. The summed E-state index contributed by atoms with van der Waals surface area (Å²) < 4.78 is 0. The van der Waals surface area contributed by atoms with Crippen LogP contribution in [0.25, 0.3) is 0 Å². The van der Waals surface area contributed by atoms with E-state index in [-0.39, 0.29) is 0 Å². The molecule has 0 heterocycles. The Hall–Kier alpha value is -1.39. The molecule has 0 bridgehead atoms. The van der Waals surface area contributed by atoms with Gasteiger partial charge >= 0.3 is 0 Å². The average Bonchev–Trinajstić information content (AvgIpc) is 2.48. The van der Waals surface area contributed by atoms with Crippen molar-refractivity contribution in [3.63, 3.8) is 0 Å². The summed E-state index contributed by atoms with van der Waals surface area (Å²) in [6.45, 7) is 0.721. The fourth-order valence-corrected chi connectivity index (χ4v) is 2.27. The quantitative estimate of drug-likeness (QED) is 0.767. The number of hydrogen-bond donors (Lipinski definition) is 3. The van der Waals surface area contributed by atoms with Crippen LogP contribution in [0.15, 0.2) is 54.6 Å². The molecule has 0 saturated carbocycles. The zero-order valence-electron chi connectivity index (χ0n) is 11.0. The van der Waals surface area contributed by atoms with Gasteiger partial charge in [-0.05, 0) is 11.6 Å². The molecule has 106 valence electrons. The minimum absolute atomic E-state index is 0.341. The summed E-state index contributed by atoms with van der Waals surface area (Å²) in [7, 11) is 0. The highest BCUT2D eigenvalue weighted by Gasteiger charge is 2.12. The SMILES string of the molecule is OC(CNCC(O)c1ccccc1Cl)c1ccccc1. The fraction of sp³-hybridized carbons (Fsp3) is 0.250. The van der Waals surface area contributed by atoms with E-state index in [0.29, 0.717) is 23.7 Å². The van der Waals surface area contributed by atoms with Gasteiger partial charge in [-0.2, -0.15) is 0 Å². The van der Waals surface area contributed by atoms with E-state index >= 15 is 0 Å². The average molecular weight is 292 g/mol. The number of aliphatic hydroxyl groups excluding tert-OH is 2. The van der Waals surface area contributed by atoms with Gasteiger partial charge in [0.2, 0.25) is 0 Å². The van der Waals surface area contributed by atoms with E-state index in [2.05, 4.69) is 5.32 Å². The van der Waals surface area contributed by atoms with Gasteiger partial charge in [-0.1, -0.05) is 60.1 Å². The monoisotopic (exact) mass is 291 g/mol. The molecule has 0 saturated heterocycles. The zero-order valence-corrected chi connectivity index (χ0v) is 11.8. The first-order valence-electron chi connectivity index (χ1n) is 6.54. The largest absolute Gasteiger partial charge is 0.387 e. The molecule has 0 radical (unpaired) electrons. The molecule has 2 unspecified atom stereocenters. The predicted molar refractivity (Wildman–Crippen MR) is 80.7 cm³/mol. The molecule has 0 aliphatic carbocycles. The van der Waals surface area contributed by atoms with E-state index in [0.717, 1.165) is 5.56 Å². The summed E-state index contributed by atoms with van der Waals surface area (Å²) in [6.07, 6.45) is -1.28. The van der Waals surface area contributed by atoms with Crippen molar-refractivity contribution in [2.45, 2.75) is 12.2 Å². The lowest BCUT2D eigenvalue weighted by Crippen LogP contribution is -2.26. The van der Waals surface area contributed by atoms with Crippen LogP contribution in [0.3, 0.4) is 0 Å². The summed E-state index contributed by atoms with van der Waals surface area (Å²) in [4.78, 5) is 0. The summed E-state index contributed by atoms with van der Waals surface area (Å²) in [5, 5.41) is 23.6. The van der Waals surface area contributed by atoms with Crippen LogP contribution in [0.4, 0.5) is 0 Å². The molecule has 0 aromatic heterocycles. The molecule has 3 nitrogen and oxygen atoms in total. The molecule has 0 aliphatic rings. The molecule has 0 spiro atoms. The number of rotatable bonds is 6. The van der Waals surface area contributed by atoms with Crippen LogP contribution in [0.1, 0.15) is 23.3 Å². The molecule has 2 aromatic rings. The highest BCUT2D eigenvalue weighted by atomic mass is 35.5. The van der Waals surface area contributed by atoms with Crippen molar-refractivity contribution in [1.82, 2.24) is 5.32 Å². The van der Waals surface area contributed by atoms with Gasteiger partial charge < -0.3 is 15.5 Å². The maximum Gasteiger partial charge on any atom is 0.0928 e. The lowest BCUT2D eigenvalue weighted by atomic mass is 10.1. The van der Waals surface area contributed by atoms with Crippen molar-refractivity contribution in [2.75, 3.05) is 13.1 Å². The second-order valence-corrected chi connectivity index (χ2v) is 5.03. The topological polar surface area (TPSA) is 52.5 Å². The molecule has 20 heavy (non-hydrogen) atoms. The lowest BCUT2D eigenvalue weighted by molar-refractivity contribution is 0.147. The summed E-state index contributed by atoms with van der Waals surface area (Å²) in [6, 6.07) is 16.6. The first kappa shape index (κ1) is 15.0. The van der Waals surface area contributed by atoms with Crippen LogP contribution in [0, 0.1) is 0 Å². The molecule has 2 atom stereocenters. The Bertz CT molecular complexity index is 533. The second kappa shape index (κ2) is 7.41. The van der Waals surface area contributed by atoms with Crippen LogP contribution in [0.2, 0.25) is 5.02 Å². The maximum absolute atomic E-state index is 10.1. The zero-order chi connectivity index (χ0) is 14.4. The van der Waals surface area contributed by atoms with Crippen LogP contribution >= 0.6 is 11.6 Å². The van der Waals surface area contributed by atoms with Crippen molar-refractivity contribution in [1.29, 1.82) is 0 Å². The number of nitrogens with one attached hydrogen (secondary N) is 1. The van der Waals surface area contributed by atoms with E-state index in [1.165, 1.54) is 0 Å². The third-order valence-electron chi connectivity index (χ3n) is 3.12. The van der Waals surface area contributed by atoms with Gasteiger partial charge in [0.25, 0.3) is 0 Å². The minimum Gasteiger partial charge on any atom is -0.387 e. The molecular weight excluding hydrogens is 274 g/mol. The molecule has 0 aliphatic heterocycles. The van der Waals surface area contributed by atoms with Gasteiger partial charge in [-0.15, -0.1) is 0 Å². The molecule has 3 N–H and O–H groups in total. The molecule has 2 aromatic carbocycles. The first-order valence-corrected chi connectivity index (χ1v) is 6.92. The van der Waals surface area contributed by atoms with Gasteiger partial charge in [-0.3, -0.25) is 0 Å². The molecule has 0 amide bonds. The van der Waals surface area contributed by atoms with Crippen molar-refractivity contribution in [3.05, 3.63) is 70.7 Å². The Labute approximate surface area is 123 Å². The van der Waals surface area contributed by atoms with E-state index in [1.807, 2.05) is 42.5 Å². The number of halogens is 1. The maximum atomic E-state index is 10.1. The smallest absolute Gasteiger partial charge is 0.0928 e. The number of hydrogen-bond acceptors (Lipinski definition) is 3. The summed E-state index contributed by atoms with van der Waals surface area (Å²) in [5.74, 6) is 0. The van der Waals surface area contributed by atoms with Crippen LogP contribution < -0.4 is 5.32 Å². The standard InChI is InChI=1S/C16H18ClNO2/c17-14-9-5-4-8-13(14)16(20)11-18-10-15(19)12-6-2-1-3-7-12/h1-9,15-16,18-20H,10-11H2. The van der Waals surface area contributed by atoms with Gasteiger partial charge in [0.05, 0.1) is 12.2 Å². The van der Waals surface area contributed by atoms with Gasteiger partial charge in [0.15, 0.2) is 0 Å². The third kappa shape index (κ3) is 4.05.